The predicted octanol–water partition coefficient (Wildman–Crippen LogP) is 2.67. The zero-order valence-electron chi connectivity index (χ0n) is 15.2. The average Bonchev–Trinajstić information content (AvgIpc) is 2.64. The summed E-state index contributed by atoms with van der Waals surface area (Å²) in [5.74, 6) is 1.70. The van der Waals surface area contributed by atoms with Crippen LogP contribution in [0.15, 0.2) is 30.6 Å². The van der Waals surface area contributed by atoms with Gasteiger partial charge in [-0.25, -0.2) is 9.97 Å². The van der Waals surface area contributed by atoms with Crippen LogP contribution in [0.2, 0.25) is 5.02 Å². The topological polar surface area (TPSA) is 44.7 Å². The number of ether oxygens (including phenoxy) is 1. The summed E-state index contributed by atoms with van der Waals surface area (Å²) in [6, 6.07) is 5.76. The lowest BCUT2D eigenvalue weighted by atomic mass is 10.1. The molecule has 2 aliphatic heterocycles. The Morgan fingerprint density at radius 1 is 1.15 bits per heavy atom. The van der Waals surface area contributed by atoms with Gasteiger partial charge in [-0.15, -0.1) is 0 Å². The van der Waals surface area contributed by atoms with Gasteiger partial charge in [0.25, 0.3) is 0 Å². The Kier molecular flexibility index (Phi) is 4.87. The summed E-state index contributed by atoms with van der Waals surface area (Å²) >= 11 is 6.18. The highest BCUT2D eigenvalue weighted by Crippen LogP contribution is 2.36. The summed E-state index contributed by atoms with van der Waals surface area (Å²) in [7, 11) is 2.15. The van der Waals surface area contributed by atoms with Crippen molar-refractivity contribution < 1.29 is 4.74 Å². The zero-order chi connectivity index (χ0) is 18.1. The quantitative estimate of drug-likeness (QED) is 0.824. The van der Waals surface area contributed by atoms with Crippen LogP contribution in [0.25, 0.3) is 0 Å². The molecule has 1 saturated heterocycles. The number of halogens is 1. The minimum absolute atomic E-state index is 0.134. The lowest BCUT2D eigenvalue weighted by molar-refractivity contribution is 0.212. The third kappa shape index (κ3) is 3.71. The van der Waals surface area contributed by atoms with E-state index >= 15 is 0 Å². The Morgan fingerprint density at radius 2 is 1.88 bits per heavy atom. The summed E-state index contributed by atoms with van der Waals surface area (Å²) in [6.07, 6.45) is 4.00. The molecule has 7 heteroatoms. The fraction of sp³-hybridized carbons (Fsp3) is 0.474. The van der Waals surface area contributed by atoms with Crippen molar-refractivity contribution in [2.45, 2.75) is 19.6 Å². The van der Waals surface area contributed by atoms with E-state index in [1.54, 1.807) is 0 Å². The van der Waals surface area contributed by atoms with Gasteiger partial charge in [0, 0.05) is 55.7 Å². The van der Waals surface area contributed by atoms with Crippen molar-refractivity contribution in [2.75, 3.05) is 49.6 Å². The molecular weight excluding hydrogens is 350 g/mol. The van der Waals surface area contributed by atoms with E-state index < -0.39 is 0 Å². The first kappa shape index (κ1) is 17.4. The highest BCUT2D eigenvalue weighted by molar-refractivity contribution is 6.30. The van der Waals surface area contributed by atoms with Crippen molar-refractivity contribution in [3.63, 3.8) is 0 Å². The minimum atomic E-state index is 0.134. The number of aromatic nitrogens is 2. The Bertz CT molecular complexity index is 761. The van der Waals surface area contributed by atoms with E-state index in [4.69, 9.17) is 16.3 Å². The number of rotatable bonds is 3. The van der Waals surface area contributed by atoms with Gasteiger partial charge < -0.3 is 19.4 Å². The molecule has 0 bridgehead atoms. The van der Waals surface area contributed by atoms with E-state index in [0.717, 1.165) is 62.2 Å². The third-order valence-electron chi connectivity index (χ3n) is 4.92. The number of anilines is 2. The number of piperazine rings is 1. The Labute approximate surface area is 159 Å². The van der Waals surface area contributed by atoms with Crippen molar-refractivity contribution in [3.8, 4) is 5.75 Å². The maximum Gasteiger partial charge on any atom is 0.225 e. The molecule has 4 rings (SSSR count). The molecule has 0 saturated carbocycles. The second-order valence-electron chi connectivity index (χ2n) is 7.10. The molecule has 1 atom stereocenters. The van der Waals surface area contributed by atoms with Crippen LogP contribution in [0.4, 0.5) is 11.6 Å². The largest absolute Gasteiger partial charge is 0.487 e. The molecule has 138 valence electrons. The van der Waals surface area contributed by atoms with Gasteiger partial charge in [0.05, 0.1) is 12.2 Å². The van der Waals surface area contributed by atoms with E-state index in [-0.39, 0.29) is 6.10 Å². The van der Waals surface area contributed by atoms with Gasteiger partial charge >= 0.3 is 0 Å². The monoisotopic (exact) mass is 373 g/mol. The van der Waals surface area contributed by atoms with Gasteiger partial charge in [0.1, 0.15) is 11.9 Å². The van der Waals surface area contributed by atoms with Gasteiger partial charge in [-0.05, 0) is 32.2 Å². The highest BCUT2D eigenvalue weighted by Gasteiger charge is 2.24. The van der Waals surface area contributed by atoms with E-state index in [0.29, 0.717) is 5.02 Å². The zero-order valence-corrected chi connectivity index (χ0v) is 16.0. The molecule has 1 unspecified atom stereocenters. The van der Waals surface area contributed by atoms with E-state index in [1.165, 1.54) is 0 Å². The molecule has 1 fully saturated rings. The number of nitrogens with zero attached hydrogens (tertiary/aromatic N) is 5. The number of fused-ring (bicyclic) bond motifs is 1. The summed E-state index contributed by atoms with van der Waals surface area (Å²) in [5.41, 5.74) is 2.11. The first-order valence-electron chi connectivity index (χ1n) is 9.04. The van der Waals surface area contributed by atoms with Crippen LogP contribution in [0.1, 0.15) is 12.5 Å². The number of likely N-dealkylation sites (N-methyl/N-ethyl adjacent to an activating group) is 1. The summed E-state index contributed by atoms with van der Waals surface area (Å²) in [6.45, 7) is 7.68. The smallest absolute Gasteiger partial charge is 0.225 e. The average molecular weight is 374 g/mol. The lowest BCUT2D eigenvalue weighted by Crippen LogP contribution is -2.45. The fourth-order valence-corrected chi connectivity index (χ4v) is 3.64. The molecule has 26 heavy (non-hydrogen) atoms. The summed E-state index contributed by atoms with van der Waals surface area (Å²) in [4.78, 5) is 16.0. The van der Waals surface area contributed by atoms with Crippen molar-refractivity contribution in [2.24, 2.45) is 0 Å². The molecule has 2 aliphatic rings. The van der Waals surface area contributed by atoms with E-state index in [2.05, 4.69) is 38.6 Å². The first-order chi connectivity index (χ1) is 12.6. The van der Waals surface area contributed by atoms with Gasteiger partial charge in [-0.3, -0.25) is 0 Å². The van der Waals surface area contributed by atoms with E-state index in [1.807, 2.05) is 30.6 Å². The Hall–Kier alpha value is -2.05. The maximum atomic E-state index is 6.18. The maximum absolute atomic E-state index is 6.18. The van der Waals surface area contributed by atoms with Crippen molar-refractivity contribution >= 4 is 23.2 Å². The molecule has 0 aliphatic carbocycles. The highest BCUT2D eigenvalue weighted by atomic mass is 35.5. The van der Waals surface area contributed by atoms with Gasteiger partial charge in [-0.2, -0.15) is 0 Å². The van der Waals surface area contributed by atoms with E-state index in [9.17, 15) is 0 Å². The van der Waals surface area contributed by atoms with Crippen molar-refractivity contribution in [1.82, 2.24) is 14.9 Å². The van der Waals surface area contributed by atoms with Crippen molar-refractivity contribution in [3.05, 3.63) is 41.2 Å². The van der Waals surface area contributed by atoms with Crippen LogP contribution >= 0.6 is 11.6 Å². The van der Waals surface area contributed by atoms with Gasteiger partial charge in [0.15, 0.2) is 0 Å². The predicted molar refractivity (Wildman–Crippen MR) is 104 cm³/mol. The fourth-order valence-electron chi connectivity index (χ4n) is 3.47. The number of hydrogen-bond donors (Lipinski definition) is 0. The van der Waals surface area contributed by atoms with Crippen LogP contribution in [0, 0.1) is 0 Å². The van der Waals surface area contributed by atoms with Crippen LogP contribution in [0.3, 0.4) is 0 Å². The Balaban J connectivity index is 1.48. The summed E-state index contributed by atoms with van der Waals surface area (Å²) in [5, 5.41) is 0.716. The first-order valence-corrected chi connectivity index (χ1v) is 9.42. The minimum Gasteiger partial charge on any atom is -0.487 e. The number of hydrogen-bond acceptors (Lipinski definition) is 6. The van der Waals surface area contributed by atoms with Gasteiger partial charge in [-0.1, -0.05) is 11.6 Å². The lowest BCUT2D eigenvalue weighted by Gasteiger charge is -2.35. The molecule has 0 N–H and O–H groups in total. The number of benzene rings is 1. The molecule has 6 nitrogen and oxygen atoms in total. The van der Waals surface area contributed by atoms with Crippen LogP contribution in [0.5, 0.6) is 5.75 Å². The van der Waals surface area contributed by atoms with Crippen molar-refractivity contribution in [1.29, 1.82) is 0 Å². The Morgan fingerprint density at radius 3 is 2.62 bits per heavy atom. The SMILES string of the molecule is CC1CN(Cc2cnc(N3CCN(C)CC3)nc2)c2cc(Cl)ccc2O1. The molecule has 0 spiro atoms. The second kappa shape index (κ2) is 7.29. The van der Waals surface area contributed by atoms with Crippen LogP contribution in [-0.2, 0) is 6.54 Å². The summed E-state index contributed by atoms with van der Waals surface area (Å²) < 4.78 is 5.92. The third-order valence-corrected chi connectivity index (χ3v) is 5.15. The normalized spacial score (nSPS) is 20.7. The molecular formula is C19H24ClN5O. The molecule has 0 radical (unpaired) electrons. The molecule has 0 amide bonds. The molecule has 1 aromatic heterocycles. The molecule has 3 heterocycles. The standard InChI is InChI=1S/C19H24ClN5O/c1-14-12-25(17-9-16(20)3-4-18(17)26-14)13-15-10-21-19(22-11-15)24-7-5-23(2)6-8-24/h3-4,9-11,14H,5-8,12-13H2,1-2H3. The molecule has 1 aromatic carbocycles. The second-order valence-corrected chi connectivity index (χ2v) is 7.54. The van der Waals surface area contributed by atoms with Crippen LogP contribution < -0.4 is 14.5 Å². The van der Waals surface area contributed by atoms with Gasteiger partial charge in [0.2, 0.25) is 5.95 Å². The molecule has 2 aromatic rings. The van der Waals surface area contributed by atoms with Crippen LogP contribution in [-0.4, -0.2) is 60.7 Å².